The summed E-state index contributed by atoms with van der Waals surface area (Å²) in [6.45, 7) is 7.54. The first-order valence-corrected chi connectivity index (χ1v) is 6.42. The minimum atomic E-state index is -0.613. The lowest BCUT2D eigenvalue weighted by atomic mass is 9.85. The maximum atomic E-state index is 11.7. The van der Waals surface area contributed by atoms with Crippen LogP contribution in [0.5, 0.6) is 0 Å². The van der Waals surface area contributed by atoms with E-state index in [9.17, 15) is 4.79 Å². The van der Waals surface area contributed by atoms with Crippen LogP contribution >= 0.6 is 0 Å². The zero-order valence-electron chi connectivity index (χ0n) is 11.7. The molecule has 0 amide bonds. The van der Waals surface area contributed by atoms with Gasteiger partial charge in [0, 0.05) is 23.8 Å². The molecular formula is C14H22O4. The second-order valence-electron chi connectivity index (χ2n) is 6.08. The number of ether oxygens (including phenoxy) is 3. The van der Waals surface area contributed by atoms with E-state index in [2.05, 4.69) is 13.8 Å². The number of hydrogen-bond acceptors (Lipinski definition) is 4. The van der Waals surface area contributed by atoms with Crippen molar-refractivity contribution < 1.29 is 19.0 Å². The van der Waals surface area contributed by atoms with Crippen molar-refractivity contribution in [2.45, 2.75) is 45.8 Å². The van der Waals surface area contributed by atoms with Crippen LogP contribution in [0.4, 0.5) is 0 Å². The van der Waals surface area contributed by atoms with Crippen LogP contribution in [0.1, 0.15) is 40.0 Å². The van der Waals surface area contributed by atoms with E-state index in [1.54, 1.807) is 0 Å². The van der Waals surface area contributed by atoms with Gasteiger partial charge in [0.25, 0.3) is 0 Å². The second-order valence-corrected chi connectivity index (χ2v) is 6.08. The lowest BCUT2D eigenvalue weighted by Gasteiger charge is -2.45. The molecule has 1 aliphatic heterocycles. The van der Waals surface area contributed by atoms with E-state index in [-0.39, 0.29) is 11.4 Å². The lowest BCUT2D eigenvalue weighted by Crippen LogP contribution is -2.49. The Labute approximate surface area is 108 Å². The molecule has 2 rings (SSSR count). The molecular weight excluding hydrogens is 232 g/mol. The average Bonchev–Trinajstić information content (AvgIpc) is 2.35. The van der Waals surface area contributed by atoms with Crippen molar-refractivity contribution in [2.24, 2.45) is 5.41 Å². The topological polar surface area (TPSA) is 44.8 Å². The van der Waals surface area contributed by atoms with Gasteiger partial charge in [0.15, 0.2) is 5.79 Å². The Hall–Kier alpha value is -0.870. The van der Waals surface area contributed by atoms with Gasteiger partial charge in [-0.15, -0.1) is 0 Å². The van der Waals surface area contributed by atoms with Crippen LogP contribution in [-0.2, 0) is 19.0 Å². The smallest absolute Gasteiger partial charge is 0.333 e. The van der Waals surface area contributed by atoms with Gasteiger partial charge in [-0.3, -0.25) is 0 Å². The van der Waals surface area contributed by atoms with Gasteiger partial charge in [-0.2, -0.15) is 0 Å². The van der Waals surface area contributed by atoms with Gasteiger partial charge in [-0.05, 0) is 13.3 Å². The van der Waals surface area contributed by atoms with E-state index in [1.165, 1.54) is 7.11 Å². The summed E-state index contributed by atoms with van der Waals surface area (Å²) in [5.74, 6) is -0.873. The van der Waals surface area contributed by atoms with Crippen molar-refractivity contribution in [1.82, 2.24) is 0 Å². The summed E-state index contributed by atoms with van der Waals surface area (Å²) in [5.41, 5.74) is 1.85. The van der Waals surface area contributed by atoms with Crippen LogP contribution in [0.15, 0.2) is 11.1 Å². The average molecular weight is 254 g/mol. The van der Waals surface area contributed by atoms with E-state index in [0.29, 0.717) is 25.2 Å². The highest BCUT2D eigenvalue weighted by molar-refractivity contribution is 5.89. The van der Waals surface area contributed by atoms with Gasteiger partial charge >= 0.3 is 5.97 Å². The van der Waals surface area contributed by atoms with Crippen molar-refractivity contribution in [3.8, 4) is 0 Å². The van der Waals surface area contributed by atoms with E-state index in [4.69, 9.17) is 14.2 Å². The lowest BCUT2D eigenvalue weighted by molar-refractivity contribution is -0.302. The standard InChI is InChI=1S/C14H22O4/c1-10-5-6-14(7-11(10)12(15)16-4)17-8-13(2,3)9-18-14/h5-9H2,1-4H3. The molecule has 0 unspecified atom stereocenters. The van der Waals surface area contributed by atoms with E-state index >= 15 is 0 Å². The molecule has 18 heavy (non-hydrogen) atoms. The van der Waals surface area contributed by atoms with Gasteiger partial charge in [-0.25, -0.2) is 4.79 Å². The molecule has 0 aromatic heterocycles. The van der Waals surface area contributed by atoms with E-state index in [1.807, 2.05) is 6.92 Å². The highest BCUT2D eigenvalue weighted by Crippen LogP contribution is 2.41. The molecule has 0 saturated carbocycles. The quantitative estimate of drug-likeness (QED) is 0.674. The fourth-order valence-corrected chi connectivity index (χ4v) is 2.39. The molecule has 0 aromatic rings. The molecule has 1 spiro atoms. The first-order chi connectivity index (χ1) is 8.37. The summed E-state index contributed by atoms with van der Waals surface area (Å²) in [6, 6.07) is 0. The minimum absolute atomic E-state index is 0.0485. The Balaban J connectivity index is 2.13. The molecule has 0 N–H and O–H groups in total. The predicted molar refractivity (Wildman–Crippen MR) is 67.0 cm³/mol. The van der Waals surface area contributed by atoms with Crippen LogP contribution in [0.25, 0.3) is 0 Å². The maximum absolute atomic E-state index is 11.7. The number of hydrogen-bond donors (Lipinski definition) is 0. The fourth-order valence-electron chi connectivity index (χ4n) is 2.39. The largest absolute Gasteiger partial charge is 0.466 e. The molecule has 2 aliphatic rings. The molecule has 1 aliphatic carbocycles. The highest BCUT2D eigenvalue weighted by Gasteiger charge is 2.44. The normalized spacial score (nSPS) is 26.2. The van der Waals surface area contributed by atoms with E-state index < -0.39 is 5.79 Å². The Morgan fingerprint density at radius 3 is 2.44 bits per heavy atom. The summed E-state index contributed by atoms with van der Waals surface area (Å²) >= 11 is 0. The van der Waals surface area contributed by atoms with Crippen molar-refractivity contribution >= 4 is 5.97 Å². The third kappa shape index (κ3) is 2.59. The van der Waals surface area contributed by atoms with Crippen LogP contribution in [0.3, 0.4) is 0 Å². The summed E-state index contributed by atoms with van der Waals surface area (Å²) in [6.07, 6.45) is 2.14. The van der Waals surface area contributed by atoms with Crippen molar-refractivity contribution in [3.05, 3.63) is 11.1 Å². The van der Waals surface area contributed by atoms with Crippen LogP contribution in [0.2, 0.25) is 0 Å². The van der Waals surface area contributed by atoms with Crippen LogP contribution in [-0.4, -0.2) is 32.1 Å². The van der Waals surface area contributed by atoms with E-state index in [0.717, 1.165) is 18.4 Å². The summed E-state index contributed by atoms with van der Waals surface area (Å²) in [7, 11) is 1.41. The van der Waals surface area contributed by atoms with Gasteiger partial charge in [0.1, 0.15) is 0 Å². The predicted octanol–water partition coefficient (Wildman–Crippen LogP) is 2.43. The molecule has 0 radical (unpaired) electrons. The number of rotatable bonds is 1. The molecule has 0 aromatic carbocycles. The molecule has 0 atom stereocenters. The van der Waals surface area contributed by atoms with Crippen LogP contribution in [0, 0.1) is 5.41 Å². The van der Waals surface area contributed by atoms with Gasteiger partial charge in [-0.1, -0.05) is 19.4 Å². The molecule has 1 fully saturated rings. The Morgan fingerprint density at radius 1 is 1.28 bits per heavy atom. The zero-order valence-corrected chi connectivity index (χ0v) is 11.7. The Bertz CT molecular complexity index is 371. The summed E-state index contributed by atoms with van der Waals surface area (Å²) < 4.78 is 16.7. The summed E-state index contributed by atoms with van der Waals surface area (Å²) in [5, 5.41) is 0. The molecule has 1 heterocycles. The zero-order chi connectivity index (χ0) is 13.4. The fraction of sp³-hybridized carbons (Fsp3) is 0.786. The van der Waals surface area contributed by atoms with Gasteiger partial charge in [0.05, 0.1) is 20.3 Å². The van der Waals surface area contributed by atoms with Gasteiger partial charge < -0.3 is 14.2 Å². The molecule has 4 heteroatoms. The first-order valence-electron chi connectivity index (χ1n) is 6.42. The highest BCUT2D eigenvalue weighted by atomic mass is 16.7. The monoisotopic (exact) mass is 254 g/mol. The summed E-state index contributed by atoms with van der Waals surface area (Å²) in [4.78, 5) is 11.7. The molecule has 1 saturated heterocycles. The number of esters is 1. The molecule has 102 valence electrons. The Kier molecular flexibility index (Phi) is 3.52. The Morgan fingerprint density at radius 2 is 1.89 bits per heavy atom. The maximum Gasteiger partial charge on any atom is 0.333 e. The molecule has 4 nitrogen and oxygen atoms in total. The van der Waals surface area contributed by atoms with Crippen molar-refractivity contribution in [1.29, 1.82) is 0 Å². The number of allylic oxidation sites excluding steroid dienone is 1. The SMILES string of the molecule is COC(=O)C1=C(C)CCC2(C1)OCC(C)(C)CO2. The van der Waals surface area contributed by atoms with Crippen molar-refractivity contribution in [3.63, 3.8) is 0 Å². The first kappa shape index (κ1) is 13.6. The number of carbonyl (C=O) groups excluding carboxylic acids is 1. The van der Waals surface area contributed by atoms with Crippen LogP contribution < -0.4 is 0 Å². The number of methoxy groups -OCH3 is 1. The second kappa shape index (κ2) is 4.67. The van der Waals surface area contributed by atoms with Gasteiger partial charge in [0.2, 0.25) is 0 Å². The third-order valence-corrected chi connectivity index (χ3v) is 3.73. The van der Waals surface area contributed by atoms with Crippen molar-refractivity contribution in [2.75, 3.05) is 20.3 Å². The minimum Gasteiger partial charge on any atom is -0.466 e. The third-order valence-electron chi connectivity index (χ3n) is 3.73. The number of carbonyl (C=O) groups is 1. The molecule has 0 bridgehead atoms.